The van der Waals surface area contributed by atoms with Crippen molar-refractivity contribution in [3.05, 3.63) is 23.0 Å². The minimum absolute atomic E-state index is 0.0631. The van der Waals surface area contributed by atoms with E-state index in [0.29, 0.717) is 34.7 Å². The van der Waals surface area contributed by atoms with Crippen LogP contribution in [-0.4, -0.2) is 46.9 Å². The van der Waals surface area contributed by atoms with E-state index in [2.05, 4.69) is 36.2 Å². The lowest BCUT2D eigenvalue weighted by Gasteiger charge is -2.17. The molecule has 0 bridgehead atoms. The maximum absolute atomic E-state index is 12.9. The van der Waals surface area contributed by atoms with Crippen molar-refractivity contribution in [3.63, 3.8) is 0 Å². The second-order valence-electron chi connectivity index (χ2n) is 8.24. The number of hydrogen-bond acceptors (Lipinski definition) is 6. The van der Waals surface area contributed by atoms with E-state index in [4.69, 9.17) is 9.26 Å². The first-order valence-corrected chi connectivity index (χ1v) is 9.01. The van der Waals surface area contributed by atoms with Gasteiger partial charge >= 0.3 is 5.97 Å². The van der Waals surface area contributed by atoms with Crippen molar-refractivity contribution < 1.29 is 24.0 Å². The standard InChI is InChI=1S/C19H25N3O5/c1-19(2,3)8-13-15-11(16(23)20-14(9-26-4)18(24)25)7-12(10-5-6-10)21-17(15)27-22-13/h7,10,14H,5-6,8-9H2,1-4H3,(H,20,23)(H,24,25). The topological polar surface area (TPSA) is 115 Å². The van der Waals surface area contributed by atoms with Gasteiger partial charge in [-0.25, -0.2) is 9.78 Å². The van der Waals surface area contributed by atoms with Gasteiger partial charge in [-0.1, -0.05) is 25.9 Å². The summed E-state index contributed by atoms with van der Waals surface area (Å²) >= 11 is 0. The lowest BCUT2D eigenvalue weighted by atomic mass is 9.89. The van der Waals surface area contributed by atoms with Gasteiger partial charge in [0, 0.05) is 18.7 Å². The summed E-state index contributed by atoms with van der Waals surface area (Å²) in [6.45, 7) is 6.08. The molecule has 2 heterocycles. The van der Waals surface area contributed by atoms with E-state index in [1.165, 1.54) is 7.11 Å². The molecule has 1 aliphatic carbocycles. The van der Waals surface area contributed by atoms with E-state index in [-0.39, 0.29) is 12.0 Å². The van der Waals surface area contributed by atoms with Gasteiger partial charge in [0.1, 0.15) is 0 Å². The molecule has 2 aromatic heterocycles. The van der Waals surface area contributed by atoms with Crippen molar-refractivity contribution >= 4 is 23.0 Å². The highest BCUT2D eigenvalue weighted by Crippen LogP contribution is 2.40. The van der Waals surface area contributed by atoms with Crippen LogP contribution < -0.4 is 5.32 Å². The Kier molecular flexibility index (Phi) is 5.19. The summed E-state index contributed by atoms with van der Waals surface area (Å²) in [5.74, 6) is -1.34. The molecule has 0 spiro atoms. The van der Waals surface area contributed by atoms with E-state index < -0.39 is 17.9 Å². The molecule has 1 saturated carbocycles. The number of carbonyl (C=O) groups is 2. The molecule has 146 valence electrons. The molecule has 8 heteroatoms. The molecule has 3 rings (SSSR count). The molecule has 0 radical (unpaired) electrons. The highest BCUT2D eigenvalue weighted by Gasteiger charge is 2.31. The number of aliphatic carboxylic acids is 1. The Labute approximate surface area is 157 Å². The molecule has 0 aliphatic heterocycles. The number of fused-ring (bicyclic) bond motifs is 1. The monoisotopic (exact) mass is 375 g/mol. The van der Waals surface area contributed by atoms with Crippen LogP contribution in [0.3, 0.4) is 0 Å². The summed E-state index contributed by atoms with van der Waals surface area (Å²) < 4.78 is 10.3. The minimum atomic E-state index is -1.15. The Morgan fingerprint density at radius 1 is 1.41 bits per heavy atom. The first-order chi connectivity index (χ1) is 12.7. The van der Waals surface area contributed by atoms with Gasteiger partial charge in [-0.3, -0.25) is 4.79 Å². The van der Waals surface area contributed by atoms with Crippen LogP contribution in [0.25, 0.3) is 11.1 Å². The number of amides is 1. The third-order valence-electron chi connectivity index (χ3n) is 4.41. The average Bonchev–Trinajstić information content (AvgIpc) is 3.35. The zero-order chi connectivity index (χ0) is 19.8. The van der Waals surface area contributed by atoms with Crippen LogP contribution in [-0.2, 0) is 16.0 Å². The Hall–Kier alpha value is -2.48. The minimum Gasteiger partial charge on any atom is -0.480 e. The third-order valence-corrected chi connectivity index (χ3v) is 4.41. The molecule has 2 aromatic rings. The summed E-state index contributed by atoms with van der Waals surface area (Å²) in [5.41, 5.74) is 2.04. The zero-order valence-corrected chi connectivity index (χ0v) is 16.0. The Balaban J connectivity index is 2.03. The fourth-order valence-electron chi connectivity index (χ4n) is 3.00. The van der Waals surface area contributed by atoms with Gasteiger partial charge in [-0.2, -0.15) is 0 Å². The van der Waals surface area contributed by atoms with Crippen LogP contribution >= 0.6 is 0 Å². The molecule has 1 atom stereocenters. The Bertz CT molecular complexity index is 864. The SMILES string of the molecule is COCC(NC(=O)c1cc(C2CC2)nc2onc(CC(C)(C)C)c12)C(=O)O. The third kappa shape index (κ3) is 4.44. The summed E-state index contributed by atoms with van der Waals surface area (Å²) in [7, 11) is 1.39. The second kappa shape index (κ2) is 7.26. The molecule has 1 fully saturated rings. The maximum Gasteiger partial charge on any atom is 0.328 e. The van der Waals surface area contributed by atoms with Gasteiger partial charge in [0.2, 0.25) is 0 Å². The number of carbonyl (C=O) groups excluding carboxylic acids is 1. The summed E-state index contributed by atoms with van der Waals surface area (Å²) in [6, 6.07) is 0.603. The number of nitrogens with zero attached hydrogens (tertiary/aromatic N) is 2. The highest BCUT2D eigenvalue weighted by molar-refractivity contribution is 6.07. The van der Waals surface area contributed by atoms with Crippen molar-refractivity contribution in [2.24, 2.45) is 5.41 Å². The van der Waals surface area contributed by atoms with Crippen LogP contribution in [0.15, 0.2) is 10.6 Å². The second-order valence-corrected chi connectivity index (χ2v) is 8.24. The number of hydrogen-bond donors (Lipinski definition) is 2. The van der Waals surface area contributed by atoms with E-state index in [9.17, 15) is 14.7 Å². The molecular weight excluding hydrogens is 350 g/mol. The number of carboxylic acids is 1. The van der Waals surface area contributed by atoms with E-state index in [1.807, 2.05) is 0 Å². The fourth-order valence-corrected chi connectivity index (χ4v) is 3.00. The van der Waals surface area contributed by atoms with Crippen LogP contribution in [0.1, 0.15) is 61.3 Å². The van der Waals surface area contributed by atoms with Gasteiger partial charge in [-0.05, 0) is 30.7 Å². The van der Waals surface area contributed by atoms with Crippen LogP contribution in [0.2, 0.25) is 0 Å². The molecule has 1 amide bonds. The maximum atomic E-state index is 12.9. The molecule has 27 heavy (non-hydrogen) atoms. The van der Waals surface area contributed by atoms with E-state index >= 15 is 0 Å². The van der Waals surface area contributed by atoms with Crippen molar-refractivity contribution in [1.82, 2.24) is 15.5 Å². The Morgan fingerprint density at radius 2 is 2.11 bits per heavy atom. The quantitative estimate of drug-likeness (QED) is 0.764. The predicted molar refractivity (Wildman–Crippen MR) is 97.7 cm³/mol. The summed E-state index contributed by atoms with van der Waals surface area (Å²) in [6.07, 6.45) is 2.64. The van der Waals surface area contributed by atoms with Crippen molar-refractivity contribution in [3.8, 4) is 0 Å². The summed E-state index contributed by atoms with van der Waals surface area (Å²) in [5, 5.41) is 16.5. The van der Waals surface area contributed by atoms with Gasteiger partial charge in [0.15, 0.2) is 6.04 Å². The van der Waals surface area contributed by atoms with Gasteiger partial charge < -0.3 is 19.7 Å². The molecular formula is C19H25N3O5. The lowest BCUT2D eigenvalue weighted by Crippen LogP contribution is -2.43. The predicted octanol–water partition coefficient (Wildman–Crippen LogP) is 2.52. The number of aromatic nitrogens is 2. The van der Waals surface area contributed by atoms with Gasteiger partial charge in [0.05, 0.1) is 23.3 Å². The first-order valence-electron chi connectivity index (χ1n) is 9.01. The van der Waals surface area contributed by atoms with E-state index in [0.717, 1.165) is 18.5 Å². The smallest absolute Gasteiger partial charge is 0.328 e. The van der Waals surface area contributed by atoms with Crippen molar-refractivity contribution in [2.45, 2.75) is 52.0 Å². The van der Waals surface area contributed by atoms with Crippen LogP contribution in [0.4, 0.5) is 0 Å². The molecule has 1 unspecified atom stereocenters. The lowest BCUT2D eigenvalue weighted by molar-refractivity contribution is -0.140. The summed E-state index contributed by atoms with van der Waals surface area (Å²) in [4.78, 5) is 28.8. The number of carboxylic acid groups (broad SMARTS) is 1. The highest BCUT2D eigenvalue weighted by atomic mass is 16.5. The van der Waals surface area contributed by atoms with Crippen molar-refractivity contribution in [1.29, 1.82) is 0 Å². The number of ether oxygens (including phenoxy) is 1. The van der Waals surface area contributed by atoms with E-state index in [1.54, 1.807) is 6.07 Å². The molecule has 1 aliphatic rings. The zero-order valence-electron chi connectivity index (χ0n) is 16.0. The molecule has 2 N–H and O–H groups in total. The first kappa shape index (κ1) is 19.3. The largest absolute Gasteiger partial charge is 0.480 e. The average molecular weight is 375 g/mol. The number of pyridine rings is 1. The molecule has 0 saturated heterocycles. The van der Waals surface area contributed by atoms with Crippen LogP contribution in [0.5, 0.6) is 0 Å². The molecule has 0 aromatic carbocycles. The van der Waals surface area contributed by atoms with Crippen molar-refractivity contribution in [2.75, 3.05) is 13.7 Å². The number of methoxy groups -OCH3 is 1. The fraction of sp³-hybridized carbons (Fsp3) is 0.579. The molecule has 8 nitrogen and oxygen atoms in total. The van der Waals surface area contributed by atoms with Crippen LogP contribution in [0, 0.1) is 5.41 Å². The Morgan fingerprint density at radius 3 is 2.67 bits per heavy atom. The van der Waals surface area contributed by atoms with Gasteiger partial charge in [-0.15, -0.1) is 0 Å². The van der Waals surface area contributed by atoms with Gasteiger partial charge in [0.25, 0.3) is 11.6 Å². The number of rotatable bonds is 7. The normalized spacial score (nSPS) is 15.7. The number of nitrogens with one attached hydrogen (secondary N) is 1.